The van der Waals surface area contributed by atoms with Crippen LogP contribution in [0.3, 0.4) is 0 Å². The molecule has 3 aromatic carbocycles. The molecule has 1 N–H and O–H groups in total. The van der Waals surface area contributed by atoms with Gasteiger partial charge in [-0.1, -0.05) is 36.4 Å². The zero-order chi connectivity index (χ0) is 22.0. The largest absolute Gasteiger partial charge is 0.494 e. The van der Waals surface area contributed by atoms with Crippen molar-refractivity contribution in [1.29, 1.82) is 0 Å². The van der Waals surface area contributed by atoms with Crippen LogP contribution >= 0.6 is 0 Å². The summed E-state index contributed by atoms with van der Waals surface area (Å²) in [7, 11) is 0. The average Bonchev–Trinajstić information content (AvgIpc) is 2.77. The number of fused-ring (bicyclic) bond motifs is 1. The molecule has 156 valence electrons. The molecule has 0 aliphatic carbocycles. The van der Waals surface area contributed by atoms with Crippen molar-refractivity contribution in [2.75, 3.05) is 6.61 Å². The van der Waals surface area contributed by atoms with Crippen LogP contribution in [-0.4, -0.2) is 22.5 Å². The van der Waals surface area contributed by atoms with Crippen molar-refractivity contribution in [2.24, 2.45) is 4.99 Å². The lowest BCUT2D eigenvalue weighted by atomic mass is 10.1. The maximum absolute atomic E-state index is 13.3. The van der Waals surface area contributed by atoms with Crippen molar-refractivity contribution in [3.05, 3.63) is 93.8 Å². The SMILES string of the molecule is CCOc1ccccc1N=Cc1c(O)n(-c2ccc(C)c(C)c2)c(=O)c2ccccc12. The van der Waals surface area contributed by atoms with Gasteiger partial charge in [0.2, 0.25) is 5.88 Å². The van der Waals surface area contributed by atoms with E-state index in [-0.39, 0.29) is 11.4 Å². The van der Waals surface area contributed by atoms with Gasteiger partial charge in [-0.15, -0.1) is 0 Å². The Morgan fingerprint density at radius 3 is 2.42 bits per heavy atom. The Kier molecular flexibility index (Phi) is 5.58. The minimum atomic E-state index is -0.275. The Bertz CT molecular complexity index is 1350. The number of ether oxygens (including phenoxy) is 1. The molecule has 0 unspecified atom stereocenters. The number of nitrogens with zero attached hydrogens (tertiary/aromatic N) is 2. The van der Waals surface area contributed by atoms with Gasteiger partial charge in [-0.25, -0.2) is 4.57 Å². The number of aryl methyl sites for hydroxylation is 2. The molecule has 4 rings (SSSR count). The number of benzene rings is 3. The summed E-state index contributed by atoms with van der Waals surface area (Å²) in [5, 5.41) is 12.3. The second-order valence-electron chi connectivity index (χ2n) is 7.35. The highest BCUT2D eigenvalue weighted by Gasteiger charge is 2.16. The molecule has 0 spiro atoms. The fraction of sp³-hybridized carbons (Fsp3) is 0.154. The van der Waals surface area contributed by atoms with Crippen LogP contribution in [0.5, 0.6) is 11.6 Å². The molecule has 0 bridgehead atoms. The highest BCUT2D eigenvalue weighted by molar-refractivity contribution is 6.02. The molecule has 1 heterocycles. The Morgan fingerprint density at radius 2 is 1.68 bits per heavy atom. The van der Waals surface area contributed by atoms with Crippen LogP contribution in [0.15, 0.2) is 76.5 Å². The first kappa shape index (κ1) is 20.4. The number of hydrogen-bond donors (Lipinski definition) is 1. The molecule has 5 nitrogen and oxygen atoms in total. The molecule has 0 amide bonds. The molecule has 0 saturated carbocycles. The fourth-order valence-electron chi connectivity index (χ4n) is 3.57. The molecule has 1 aromatic heterocycles. The maximum atomic E-state index is 13.3. The Hall–Kier alpha value is -3.86. The standard InChI is InChI=1S/C26H24N2O3/c1-4-31-24-12-8-7-11-23(24)27-16-22-20-9-5-6-10-21(20)25(29)28(26(22)30)19-14-13-17(2)18(3)15-19/h5-16,30H,4H2,1-3H3. The Labute approximate surface area is 180 Å². The van der Waals surface area contributed by atoms with Crippen LogP contribution < -0.4 is 10.3 Å². The van der Waals surface area contributed by atoms with Gasteiger partial charge in [0.15, 0.2) is 0 Å². The second-order valence-corrected chi connectivity index (χ2v) is 7.35. The van der Waals surface area contributed by atoms with Crippen LogP contribution in [0.1, 0.15) is 23.6 Å². The van der Waals surface area contributed by atoms with Crippen LogP contribution in [0.25, 0.3) is 16.5 Å². The van der Waals surface area contributed by atoms with Crippen molar-refractivity contribution in [3.63, 3.8) is 0 Å². The highest BCUT2D eigenvalue weighted by atomic mass is 16.5. The van der Waals surface area contributed by atoms with E-state index in [1.807, 2.05) is 81.4 Å². The minimum absolute atomic E-state index is 0.149. The smallest absolute Gasteiger partial charge is 0.265 e. The van der Waals surface area contributed by atoms with E-state index in [0.29, 0.717) is 40.1 Å². The molecular weight excluding hydrogens is 388 g/mol. The van der Waals surface area contributed by atoms with Gasteiger partial charge in [-0.3, -0.25) is 9.79 Å². The summed E-state index contributed by atoms with van der Waals surface area (Å²) in [5.41, 5.74) is 3.62. The summed E-state index contributed by atoms with van der Waals surface area (Å²) in [6.07, 6.45) is 1.59. The van der Waals surface area contributed by atoms with Gasteiger partial charge in [0.25, 0.3) is 5.56 Å². The molecule has 0 saturated heterocycles. The van der Waals surface area contributed by atoms with Gasteiger partial charge in [0, 0.05) is 17.0 Å². The molecule has 0 fully saturated rings. The van der Waals surface area contributed by atoms with E-state index in [4.69, 9.17) is 4.74 Å². The molecular formula is C26H24N2O3. The van der Waals surface area contributed by atoms with E-state index < -0.39 is 0 Å². The van der Waals surface area contributed by atoms with Gasteiger partial charge in [-0.2, -0.15) is 0 Å². The summed E-state index contributed by atoms with van der Waals surface area (Å²) in [6.45, 7) is 6.43. The summed E-state index contributed by atoms with van der Waals surface area (Å²) in [4.78, 5) is 17.8. The molecule has 0 atom stereocenters. The third kappa shape index (κ3) is 3.82. The fourth-order valence-corrected chi connectivity index (χ4v) is 3.57. The zero-order valence-corrected chi connectivity index (χ0v) is 17.8. The van der Waals surface area contributed by atoms with Gasteiger partial charge >= 0.3 is 0 Å². The van der Waals surface area contributed by atoms with Crippen molar-refractivity contribution < 1.29 is 9.84 Å². The molecule has 5 heteroatoms. The third-order valence-electron chi connectivity index (χ3n) is 5.35. The van der Waals surface area contributed by atoms with Crippen molar-refractivity contribution in [3.8, 4) is 17.3 Å². The normalized spacial score (nSPS) is 11.3. The second kappa shape index (κ2) is 8.48. The quantitative estimate of drug-likeness (QED) is 0.443. The average molecular weight is 412 g/mol. The van der Waals surface area contributed by atoms with E-state index >= 15 is 0 Å². The summed E-state index contributed by atoms with van der Waals surface area (Å²) in [5.74, 6) is 0.511. The zero-order valence-electron chi connectivity index (χ0n) is 17.8. The number of para-hydroxylation sites is 2. The van der Waals surface area contributed by atoms with Crippen LogP contribution in [0.2, 0.25) is 0 Å². The topological polar surface area (TPSA) is 63.8 Å². The maximum Gasteiger partial charge on any atom is 0.265 e. The molecule has 0 aliphatic rings. The number of aliphatic imine (C=N–C) groups is 1. The van der Waals surface area contributed by atoms with Crippen LogP contribution in [0, 0.1) is 13.8 Å². The first-order valence-corrected chi connectivity index (χ1v) is 10.2. The van der Waals surface area contributed by atoms with Crippen molar-refractivity contribution in [1.82, 2.24) is 4.57 Å². The van der Waals surface area contributed by atoms with Gasteiger partial charge in [0.05, 0.1) is 17.9 Å². The summed E-state index contributed by atoms with van der Waals surface area (Å²) in [6, 6.07) is 20.4. The first-order chi connectivity index (χ1) is 15.0. The number of pyridine rings is 1. The van der Waals surface area contributed by atoms with E-state index in [1.54, 1.807) is 12.3 Å². The van der Waals surface area contributed by atoms with E-state index in [2.05, 4.69) is 4.99 Å². The van der Waals surface area contributed by atoms with Gasteiger partial charge in [0.1, 0.15) is 11.4 Å². The van der Waals surface area contributed by atoms with E-state index in [1.165, 1.54) is 4.57 Å². The molecule has 0 radical (unpaired) electrons. The van der Waals surface area contributed by atoms with Gasteiger partial charge < -0.3 is 9.84 Å². The summed E-state index contributed by atoms with van der Waals surface area (Å²) < 4.78 is 6.99. The van der Waals surface area contributed by atoms with Crippen LogP contribution in [-0.2, 0) is 0 Å². The van der Waals surface area contributed by atoms with Crippen LogP contribution in [0.4, 0.5) is 5.69 Å². The number of rotatable bonds is 5. The van der Waals surface area contributed by atoms with Crippen molar-refractivity contribution in [2.45, 2.75) is 20.8 Å². The predicted molar refractivity (Wildman–Crippen MR) is 126 cm³/mol. The summed E-state index contributed by atoms with van der Waals surface area (Å²) >= 11 is 0. The lowest BCUT2D eigenvalue weighted by Gasteiger charge is -2.15. The predicted octanol–water partition coefficient (Wildman–Crippen LogP) is 5.46. The lowest BCUT2D eigenvalue weighted by molar-refractivity contribution is 0.341. The van der Waals surface area contributed by atoms with E-state index in [0.717, 1.165) is 11.1 Å². The van der Waals surface area contributed by atoms with Crippen molar-refractivity contribution >= 4 is 22.7 Å². The van der Waals surface area contributed by atoms with E-state index in [9.17, 15) is 9.90 Å². The monoisotopic (exact) mass is 412 g/mol. The number of hydrogen-bond acceptors (Lipinski definition) is 4. The molecule has 0 aliphatic heterocycles. The highest BCUT2D eigenvalue weighted by Crippen LogP contribution is 2.30. The molecule has 31 heavy (non-hydrogen) atoms. The minimum Gasteiger partial charge on any atom is -0.494 e. The Morgan fingerprint density at radius 1 is 0.968 bits per heavy atom. The lowest BCUT2D eigenvalue weighted by Crippen LogP contribution is -2.20. The number of aromatic nitrogens is 1. The first-order valence-electron chi connectivity index (χ1n) is 10.2. The third-order valence-corrected chi connectivity index (χ3v) is 5.35. The number of aromatic hydroxyl groups is 1. The van der Waals surface area contributed by atoms with Gasteiger partial charge in [-0.05, 0) is 62.2 Å². The Balaban J connectivity index is 1.95. The molecule has 4 aromatic rings.